The van der Waals surface area contributed by atoms with Gasteiger partial charge in [0, 0.05) is 12.6 Å². The number of primary amides is 1. The Kier molecular flexibility index (Phi) is 3.69. The summed E-state index contributed by atoms with van der Waals surface area (Å²) in [5.41, 5.74) is 5.44. The molecule has 1 saturated heterocycles. The van der Waals surface area contributed by atoms with Crippen molar-refractivity contribution in [2.24, 2.45) is 11.7 Å². The van der Waals surface area contributed by atoms with Crippen LogP contribution in [0, 0.1) is 5.92 Å². The summed E-state index contributed by atoms with van der Waals surface area (Å²) in [4.78, 5) is 28.4. The molecule has 1 aromatic heterocycles. The van der Waals surface area contributed by atoms with E-state index >= 15 is 0 Å². The number of carbonyl (C=O) groups excluding carboxylic acids is 1. The summed E-state index contributed by atoms with van der Waals surface area (Å²) in [7, 11) is 0. The number of carboxylic acids is 1. The maximum absolute atomic E-state index is 11.1. The lowest BCUT2D eigenvalue weighted by Gasteiger charge is -2.37. The monoisotopic (exact) mass is 263 g/mol. The second-order valence-corrected chi connectivity index (χ2v) is 4.85. The fraction of sp³-hybridized carbons (Fsp3) is 0.462. The average Bonchev–Trinajstić information content (AvgIpc) is 2.38. The number of hydrogen-bond acceptors (Lipinski definition) is 4. The molecule has 3 N–H and O–H groups in total. The zero-order chi connectivity index (χ0) is 14.0. The molecule has 1 amide bonds. The Morgan fingerprint density at radius 3 is 2.79 bits per heavy atom. The van der Waals surface area contributed by atoms with Crippen molar-refractivity contribution in [1.29, 1.82) is 0 Å². The number of pyridine rings is 1. The highest BCUT2D eigenvalue weighted by atomic mass is 16.4. The first-order chi connectivity index (χ1) is 8.99. The minimum atomic E-state index is -0.745. The van der Waals surface area contributed by atoms with E-state index in [1.165, 1.54) is 0 Å². The second-order valence-electron chi connectivity index (χ2n) is 4.85. The quantitative estimate of drug-likeness (QED) is 0.843. The van der Waals surface area contributed by atoms with Crippen molar-refractivity contribution in [3.8, 4) is 0 Å². The Hall–Kier alpha value is -2.11. The van der Waals surface area contributed by atoms with Gasteiger partial charge in [0.15, 0.2) is 0 Å². The van der Waals surface area contributed by atoms with E-state index < -0.39 is 11.9 Å². The summed E-state index contributed by atoms with van der Waals surface area (Å²) in [6, 6.07) is 5.19. The lowest BCUT2D eigenvalue weighted by atomic mass is 9.92. The maximum Gasteiger partial charge on any atom is 0.306 e. The van der Waals surface area contributed by atoms with Crippen LogP contribution in [0.15, 0.2) is 18.2 Å². The molecule has 0 saturated carbocycles. The SMILES string of the molecule is CC1CC(C(=O)O)CCN1c1cccc(C(N)=O)n1. The standard InChI is InChI=1S/C13H17N3O3/c1-8-7-9(13(18)19)5-6-16(8)11-4-2-3-10(15-11)12(14)17/h2-4,8-9H,5-7H2,1H3,(H2,14,17)(H,18,19). The molecule has 0 aromatic carbocycles. The molecule has 2 atom stereocenters. The van der Waals surface area contributed by atoms with Crippen molar-refractivity contribution in [3.05, 3.63) is 23.9 Å². The van der Waals surface area contributed by atoms with Gasteiger partial charge in [0.05, 0.1) is 5.92 Å². The number of anilines is 1. The number of amides is 1. The zero-order valence-electron chi connectivity index (χ0n) is 10.7. The number of piperidine rings is 1. The topological polar surface area (TPSA) is 96.5 Å². The van der Waals surface area contributed by atoms with Crippen LogP contribution in [0.4, 0.5) is 5.82 Å². The van der Waals surface area contributed by atoms with Crippen LogP contribution in [0.3, 0.4) is 0 Å². The number of hydrogen-bond donors (Lipinski definition) is 2. The summed E-state index contributed by atoms with van der Waals surface area (Å²) in [6.45, 7) is 2.58. The number of nitrogens with zero attached hydrogens (tertiary/aromatic N) is 2. The van der Waals surface area contributed by atoms with Crippen molar-refractivity contribution in [1.82, 2.24) is 4.98 Å². The Balaban J connectivity index is 2.17. The molecule has 1 aromatic rings. The first-order valence-electron chi connectivity index (χ1n) is 6.25. The fourth-order valence-corrected chi connectivity index (χ4v) is 2.46. The summed E-state index contributed by atoms with van der Waals surface area (Å²) in [5.74, 6) is -0.932. The molecule has 0 bridgehead atoms. The Labute approximate surface area is 111 Å². The lowest BCUT2D eigenvalue weighted by molar-refractivity contribution is -0.142. The predicted octanol–water partition coefficient (Wildman–Crippen LogP) is 0.870. The highest BCUT2D eigenvalue weighted by Crippen LogP contribution is 2.27. The molecule has 0 spiro atoms. The van der Waals surface area contributed by atoms with E-state index in [-0.39, 0.29) is 17.7 Å². The molecule has 2 unspecified atom stereocenters. The lowest BCUT2D eigenvalue weighted by Crippen LogP contribution is -2.43. The van der Waals surface area contributed by atoms with Crippen LogP contribution < -0.4 is 10.6 Å². The van der Waals surface area contributed by atoms with Crippen LogP contribution in [0.2, 0.25) is 0 Å². The summed E-state index contributed by atoms with van der Waals surface area (Å²) in [6.07, 6.45) is 1.17. The smallest absolute Gasteiger partial charge is 0.306 e. The minimum Gasteiger partial charge on any atom is -0.481 e. The first kappa shape index (κ1) is 13.3. The number of carboxylic acid groups (broad SMARTS) is 1. The van der Waals surface area contributed by atoms with Gasteiger partial charge < -0.3 is 15.7 Å². The van der Waals surface area contributed by atoms with Crippen molar-refractivity contribution in [3.63, 3.8) is 0 Å². The molecule has 19 heavy (non-hydrogen) atoms. The van der Waals surface area contributed by atoms with Crippen LogP contribution in [0.1, 0.15) is 30.3 Å². The molecule has 0 aliphatic carbocycles. The molecule has 0 radical (unpaired) electrons. The third kappa shape index (κ3) is 2.83. The van der Waals surface area contributed by atoms with Gasteiger partial charge in [-0.05, 0) is 31.9 Å². The number of carbonyl (C=O) groups is 2. The third-order valence-corrected chi connectivity index (χ3v) is 3.51. The molecule has 1 aliphatic rings. The van der Waals surface area contributed by atoms with E-state index in [2.05, 4.69) is 4.98 Å². The van der Waals surface area contributed by atoms with Gasteiger partial charge in [0.2, 0.25) is 0 Å². The van der Waals surface area contributed by atoms with Gasteiger partial charge in [-0.25, -0.2) is 4.98 Å². The average molecular weight is 263 g/mol. The van der Waals surface area contributed by atoms with Crippen LogP contribution in [0.5, 0.6) is 0 Å². The molecule has 2 heterocycles. The number of aliphatic carboxylic acids is 1. The Morgan fingerprint density at radius 2 is 2.21 bits per heavy atom. The van der Waals surface area contributed by atoms with Gasteiger partial charge in [-0.1, -0.05) is 6.07 Å². The molecule has 6 heteroatoms. The van der Waals surface area contributed by atoms with Crippen molar-refractivity contribution >= 4 is 17.7 Å². The normalized spacial score (nSPS) is 23.1. The molecular formula is C13H17N3O3. The highest BCUT2D eigenvalue weighted by molar-refractivity contribution is 5.91. The predicted molar refractivity (Wildman–Crippen MR) is 69.9 cm³/mol. The number of nitrogens with two attached hydrogens (primary N) is 1. The van der Waals surface area contributed by atoms with Crippen LogP contribution in [0.25, 0.3) is 0 Å². The van der Waals surface area contributed by atoms with Gasteiger partial charge in [0.1, 0.15) is 11.5 Å². The van der Waals surface area contributed by atoms with Gasteiger partial charge in [-0.2, -0.15) is 0 Å². The molecule has 6 nitrogen and oxygen atoms in total. The largest absolute Gasteiger partial charge is 0.481 e. The van der Waals surface area contributed by atoms with Crippen LogP contribution in [-0.4, -0.2) is 34.6 Å². The number of aromatic nitrogens is 1. The molecule has 2 rings (SSSR count). The van der Waals surface area contributed by atoms with Crippen molar-refractivity contribution in [2.75, 3.05) is 11.4 Å². The maximum atomic E-state index is 11.1. The third-order valence-electron chi connectivity index (χ3n) is 3.51. The van der Waals surface area contributed by atoms with E-state index in [1.54, 1.807) is 12.1 Å². The Morgan fingerprint density at radius 1 is 1.47 bits per heavy atom. The first-order valence-corrected chi connectivity index (χ1v) is 6.25. The summed E-state index contributed by atoms with van der Waals surface area (Å²) >= 11 is 0. The minimum absolute atomic E-state index is 0.0745. The fourth-order valence-electron chi connectivity index (χ4n) is 2.46. The van der Waals surface area contributed by atoms with Gasteiger partial charge >= 0.3 is 5.97 Å². The van der Waals surface area contributed by atoms with Gasteiger partial charge in [-0.15, -0.1) is 0 Å². The highest BCUT2D eigenvalue weighted by Gasteiger charge is 2.30. The van der Waals surface area contributed by atoms with E-state index in [0.29, 0.717) is 25.2 Å². The Bertz CT molecular complexity index is 504. The van der Waals surface area contributed by atoms with Crippen molar-refractivity contribution in [2.45, 2.75) is 25.8 Å². The van der Waals surface area contributed by atoms with Gasteiger partial charge in [-0.3, -0.25) is 9.59 Å². The van der Waals surface area contributed by atoms with Crippen LogP contribution in [-0.2, 0) is 4.79 Å². The van der Waals surface area contributed by atoms with E-state index in [1.807, 2.05) is 17.9 Å². The summed E-state index contributed by atoms with van der Waals surface area (Å²) < 4.78 is 0. The molecule has 102 valence electrons. The van der Waals surface area contributed by atoms with Crippen LogP contribution >= 0.6 is 0 Å². The molecular weight excluding hydrogens is 246 g/mol. The van der Waals surface area contributed by atoms with E-state index in [4.69, 9.17) is 10.8 Å². The zero-order valence-corrected chi connectivity index (χ0v) is 10.7. The van der Waals surface area contributed by atoms with Crippen molar-refractivity contribution < 1.29 is 14.7 Å². The van der Waals surface area contributed by atoms with Gasteiger partial charge in [0.25, 0.3) is 5.91 Å². The number of rotatable bonds is 3. The molecule has 1 fully saturated rings. The second kappa shape index (κ2) is 5.26. The molecule has 1 aliphatic heterocycles. The summed E-state index contributed by atoms with van der Waals surface area (Å²) in [5, 5.41) is 9.03. The van der Waals surface area contributed by atoms with E-state index in [9.17, 15) is 9.59 Å². The van der Waals surface area contributed by atoms with E-state index in [0.717, 1.165) is 0 Å².